The van der Waals surface area contributed by atoms with Crippen LogP contribution in [0.1, 0.15) is 69.1 Å². The fourth-order valence-electron chi connectivity index (χ4n) is 8.19. The summed E-state index contributed by atoms with van der Waals surface area (Å²) >= 11 is 0. The third kappa shape index (κ3) is 9.72. The summed E-state index contributed by atoms with van der Waals surface area (Å²) in [4.78, 5) is 101. The zero-order valence-electron chi connectivity index (χ0n) is 32.7. The van der Waals surface area contributed by atoms with Gasteiger partial charge in [0.1, 0.15) is 42.9 Å². The zero-order chi connectivity index (χ0) is 40.8. The highest BCUT2D eigenvalue weighted by Gasteiger charge is 2.47. The molecule has 4 aliphatic heterocycles. The molecule has 0 aromatic heterocycles. The van der Waals surface area contributed by atoms with Crippen molar-refractivity contribution in [3.8, 4) is 0 Å². The monoisotopic (exact) mass is 787 g/mol. The second-order valence-electron chi connectivity index (χ2n) is 15.4. The highest BCUT2D eigenvalue weighted by atomic mass is 16.5. The Kier molecular flexibility index (Phi) is 13.1. The highest BCUT2D eigenvalue weighted by molar-refractivity contribution is 5.98. The molecule has 4 heterocycles. The third-order valence-electron chi connectivity index (χ3n) is 11.2. The van der Waals surface area contributed by atoms with Gasteiger partial charge in [-0.1, -0.05) is 48.9 Å². The lowest BCUT2D eigenvalue weighted by Gasteiger charge is -2.39. The molecule has 7 amide bonds. The number of esters is 1. The van der Waals surface area contributed by atoms with E-state index in [0.29, 0.717) is 37.8 Å². The average Bonchev–Trinajstić information content (AvgIpc) is 3.85. The topological polar surface area (TPSA) is 207 Å². The van der Waals surface area contributed by atoms with Gasteiger partial charge in [0.25, 0.3) is 0 Å². The number of hydrogen-bond acceptors (Lipinski definition) is 9. The number of aliphatic hydroxyl groups is 1. The maximum atomic E-state index is 14.5. The van der Waals surface area contributed by atoms with Crippen molar-refractivity contribution in [1.82, 2.24) is 30.7 Å². The summed E-state index contributed by atoms with van der Waals surface area (Å²) in [5.74, 6) is -3.91. The Bertz CT molecular complexity index is 1860. The number of nitrogens with zero attached hydrogens (tertiary/aromatic N) is 3. The van der Waals surface area contributed by atoms with Crippen molar-refractivity contribution in [2.45, 2.75) is 114 Å². The molecule has 57 heavy (non-hydrogen) atoms. The van der Waals surface area contributed by atoms with Crippen LogP contribution in [0.3, 0.4) is 0 Å². The fourth-order valence-corrected chi connectivity index (χ4v) is 8.19. The maximum Gasteiger partial charge on any atom is 0.328 e. The van der Waals surface area contributed by atoms with Crippen molar-refractivity contribution in [2.24, 2.45) is 0 Å². The van der Waals surface area contributed by atoms with Crippen molar-refractivity contribution >= 4 is 47.2 Å². The van der Waals surface area contributed by atoms with Crippen molar-refractivity contribution in [1.29, 1.82) is 0 Å². The number of benzene rings is 2. The predicted octanol–water partition coefficient (Wildman–Crippen LogP) is 1.17. The molecule has 0 spiro atoms. The van der Waals surface area contributed by atoms with Gasteiger partial charge in [-0.3, -0.25) is 24.0 Å². The number of fused-ring (bicyclic) bond motifs is 3. The van der Waals surface area contributed by atoms with Crippen LogP contribution in [0.25, 0.3) is 0 Å². The number of aryl methyl sites for hydroxylation is 2. The van der Waals surface area contributed by atoms with Gasteiger partial charge in [-0.25, -0.2) is 9.59 Å². The summed E-state index contributed by atoms with van der Waals surface area (Å²) in [6, 6.07) is 7.13. The molecule has 16 heteroatoms. The number of piperidine rings is 1. The maximum absolute atomic E-state index is 14.5. The van der Waals surface area contributed by atoms with E-state index in [1.165, 1.54) is 21.6 Å². The molecule has 2 aromatic carbocycles. The molecule has 306 valence electrons. The lowest BCUT2D eigenvalue weighted by molar-refractivity contribution is -0.158. The van der Waals surface area contributed by atoms with Gasteiger partial charge in [-0.05, 0) is 75.6 Å². The lowest BCUT2D eigenvalue weighted by Crippen LogP contribution is -2.62. The third-order valence-corrected chi connectivity index (χ3v) is 11.2. The van der Waals surface area contributed by atoms with Gasteiger partial charge in [0.15, 0.2) is 0 Å². The minimum atomic E-state index is -1.55. The van der Waals surface area contributed by atoms with Gasteiger partial charge in [0.2, 0.25) is 29.5 Å². The van der Waals surface area contributed by atoms with Crippen molar-refractivity contribution in [3.05, 3.63) is 65.2 Å². The SMILES string of the molecule is CCc1ccc(NC(=O)N[C@@H](Cc2cccc(C)c2)C(=O)N[C@H]2COC(=O)[C@@H]3CCCN3C(=O)[C@H](C)NC(=O)[C@@H]3CCCCN3C(=O)[C@@H]3C[C@@H](O)CN3C2=O)cc1. The average molecular weight is 788 g/mol. The van der Waals surface area contributed by atoms with E-state index in [-0.39, 0.29) is 32.5 Å². The number of nitrogens with one attached hydrogen (secondary N) is 4. The second kappa shape index (κ2) is 18.2. The van der Waals surface area contributed by atoms with E-state index in [4.69, 9.17) is 4.74 Å². The minimum Gasteiger partial charge on any atom is -0.461 e. The molecule has 7 atom stereocenters. The number of carbonyl (C=O) groups excluding carboxylic acids is 7. The second-order valence-corrected chi connectivity index (χ2v) is 15.4. The van der Waals surface area contributed by atoms with Crippen LogP contribution >= 0.6 is 0 Å². The Hall–Kier alpha value is -5.51. The van der Waals surface area contributed by atoms with Gasteiger partial charge in [-0.2, -0.15) is 0 Å². The molecule has 4 saturated heterocycles. The minimum absolute atomic E-state index is 0.0374. The highest BCUT2D eigenvalue weighted by Crippen LogP contribution is 2.27. The molecule has 4 aliphatic rings. The summed E-state index contributed by atoms with van der Waals surface area (Å²) in [5, 5.41) is 21.7. The number of cyclic esters (lactones) is 1. The molecule has 0 saturated carbocycles. The van der Waals surface area contributed by atoms with Crippen molar-refractivity contribution in [2.75, 3.05) is 31.6 Å². The van der Waals surface area contributed by atoms with E-state index in [9.17, 15) is 38.7 Å². The molecule has 0 radical (unpaired) electrons. The summed E-state index contributed by atoms with van der Waals surface area (Å²) in [6.07, 6.45) is 2.06. The van der Waals surface area contributed by atoms with E-state index >= 15 is 0 Å². The zero-order valence-corrected chi connectivity index (χ0v) is 32.7. The first kappa shape index (κ1) is 41.1. The van der Waals surface area contributed by atoms with Crippen molar-refractivity contribution in [3.63, 3.8) is 0 Å². The van der Waals surface area contributed by atoms with Crippen LogP contribution < -0.4 is 21.3 Å². The fraction of sp³-hybridized carbons (Fsp3) is 0.537. The molecular formula is C41H53N7O9. The van der Waals surface area contributed by atoms with Crippen LogP contribution in [0.2, 0.25) is 0 Å². The van der Waals surface area contributed by atoms with Crippen LogP contribution in [0.4, 0.5) is 10.5 Å². The molecule has 0 bridgehead atoms. The summed E-state index contributed by atoms with van der Waals surface area (Å²) in [7, 11) is 0. The molecule has 4 fully saturated rings. The Morgan fingerprint density at radius 2 is 1.60 bits per heavy atom. The van der Waals surface area contributed by atoms with Gasteiger partial charge in [-0.15, -0.1) is 0 Å². The summed E-state index contributed by atoms with van der Waals surface area (Å²) in [6.45, 7) is 5.02. The number of ether oxygens (including phenoxy) is 1. The van der Waals surface area contributed by atoms with E-state index in [1.54, 1.807) is 18.2 Å². The van der Waals surface area contributed by atoms with Gasteiger partial charge < -0.3 is 45.8 Å². The number of hydrogen-bond donors (Lipinski definition) is 5. The Labute approximate surface area is 332 Å². The van der Waals surface area contributed by atoms with E-state index in [1.807, 2.05) is 44.2 Å². The number of urea groups is 1. The first-order chi connectivity index (χ1) is 27.3. The summed E-state index contributed by atoms with van der Waals surface area (Å²) < 4.78 is 5.69. The number of rotatable bonds is 7. The van der Waals surface area contributed by atoms with Crippen molar-refractivity contribution < 1.29 is 43.4 Å². The summed E-state index contributed by atoms with van der Waals surface area (Å²) in [5.41, 5.74) is 3.24. The largest absolute Gasteiger partial charge is 0.461 e. The van der Waals surface area contributed by atoms with Gasteiger partial charge in [0, 0.05) is 38.2 Å². The van der Waals surface area contributed by atoms with Gasteiger partial charge in [0.05, 0.1) is 6.10 Å². The first-order valence-electron chi connectivity index (χ1n) is 19.9. The first-order valence-corrected chi connectivity index (χ1v) is 19.9. The lowest BCUT2D eigenvalue weighted by atomic mass is 9.99. The van der Waals surface area contributed by atoms with E-state index in [0.717, 1.165) is 23.1 Å². The predicted molar refractivity (Wildman–Crippen MR) is 207 cm³/mol. The van der Waals surface area contributed by atoms with Gasteiger partial charge >= 0.3 is 12.0 Å². The normalized spacial score (nSPS) is 26.5. The van der Waals surface area contributed by atoms with Crippen LogP contribution in [0, 0.1) is 6.92 Å². The van der Waals surface area contributed by atoms with Crippen LogP contribution in [-0.2, 0) is 46.3 Å². The molecule has 2 aromatic rings. The van der Waals surface area contributed by atoms with E-state index < -0.39 is 90.5 Å². The molecule has 16 nitrogen and oxygen atoms in total. The quantitative estimate of drug-likeness (QED) is 0.255. The smallest absolute Gasteiger partial charge is 0.328 e. The molecule has 5 N–H and O–H groups in total. The van der Waals surface area contributed by atoms with Crippen LogP contribution in [0.15, 0.2) is 48.5 Å². The Balaban J connectivity index is 1.30. The molecule has 0 unspecified atom stereocenters. The number of carbonyl (C=O) groups is 7. The molecule has 6 rings (SSSR count). The number of anilines is 1. The van der Waals surface area contributed by atoms with Crippen LogP contribution in [0.5, 0.6) is 0 Å². The Morgan fingerprint density at radius 3 is 2.33 bits per heavy atom. The molecule has 0 aliphatic carbocycles. The molecular weight excluding hydrogens is 734 g/mol. The Morgan fingerprint density at radius 1 is 0.877 bits per heavy atom. The van der Waals surface area contributed by atoms with E-state index in [2.05, 4.69) is 21.3 Å². The van der Waals surface area contributed by atoms with Crippen LogP contribution in [-0.4, -0.2) is 130 Å². The standard InChI is InChI=1S/C41H53N7O9/c1-4-26-13-15-28(16-14-26)43-41(56)45-30(20-27-10-7-9-24(2)19-27)35(50)44-31-23-57-40(55)33-12-8-18-47(33)37(52)25(3)42-36(51)32-11-5-6-17-46(32)39(54)34-21-29(49)22-48(34)38(31)53/h7,9-10,13-16,19,25,29-34,49H,4-6,8,11-12,17-18,20-23H2,1-3H3,(H,42,51)(H,44,50)(H2,43,45,56)/t25-,29+,30-,31-,32-,33-,34-/m0/s1. The number of aliphatic hydroxyl groups excluding tert-OH is 1. The number of amides is 7.